The summed E-state index contributed by atoms with van der Waals surface area (Å²) in [4.78, 5) is 24.1. The lowest BCUT2D eigenvalue weighted by Gasteiger charge is -2.21. The summed E-state index contributed by atoms with van der Waals surface area (Å²) in [6.07, 6.45) is 6.13. The van der Waals surface area contributed by atoms with Gasteiger partial charge in [0, 0.05) is 37.5 Å². The second-order valence-electron chi connectivity index (χ2n) is 9.18. The van der Waals surface area contributed by atoms with E-state index in [2.05, 4.69) is 10.3 Å². The summed E-state index contributed by atoms with van der Waals surface area (Å²) in [5.41, 5.74) is 2.69. The Bertz CT molecular complexity index is 1340. The molecular formula is C25H31N5O4S2. The molecule has 11 heteroatoms. The highest BCUT2D eigenvalue weighted by Gasteiger charge is 2.26. The van der Waals surface area contributed by atoms with E-state index in [1.807, 2.05) is 30.4 Å². The first-order chi connectivity index (χ1) is 17.2. The Morgan fingerprint density at radius 1 is 1.14 bits per heavy atom. The number of methoxy groups -OCH3 is 1. The molecule has 9 nitrogen and oxygen atoms in total. The first-order valence-corrected chi connectivity index (χ1v) is 14.0. The fourth-order valence-electron chi connectivity index (χ4n) is 3.62. The number of nitrogens with one attached hydrogen (secondary N) is 1. The lowest BCUT2D eigenvalue weighted by Crippen LogP contribution is -2.33. The lowest BCUT2D eigenvalue weighted by molar-refractivity contribution is -0.116. The van der Waals surface area contributed by atoms with Crippen LogP contribution in [-0.2, 0) is 14.8 Å². The molecular weight excluding hydrogens is 498 g/mol. The van der Waals surface area contributed by atoms with Crippen LogP contribution in [0, 0.1) is 5.92 Å². The topological polar surface area (TPSA) is 105 Å². The molecule has 0 atom stereocenters. The van der Waals surface area contributed by atoms with E-state index in [1.165, 1.54) is 22.8 Å². The van der Waals surface area contributed by atoms with Gasteiger partial charge in [0.1, 0.15) is 10.6 Å². The summed E-state index contributed by atoms with van der Waals surface area (Å²) in [5.74, 6) is 0.812. The summed E-state index contributed by atoms with van der Waals surface area (Å²) >= 11 is 1.48. The molecule has 3 aromatic rings. The van der Waals surface area contributed by atoms with Crippen molar-refractivity contribution < 1.29 is 17.9 Å². The van der Waals surface area contributed by atoms with Gasteiger partial charge in [0.05, 0.1) is 41.5 Å². The van der Waals surface area contributed by atoms with E-state index in [4.69, 9.17) is 9.72 Å². The number of nitrogens with zero attached hydrogens (tertiary/aromatic N) is 4. The van der Waals surface area contributed by atoms with Gasteiger partial charge in [0.2, 0.25) is 15.9 Å². The van der Waals surface area contributed by atoms with Crippen LogP contribution in [0.15, 0.2) is 46.9 Å². The van der Waals surface area contributed by atoms with Crippen LogP contribution in [0.4, 0.5) is 5.69 Å². The van der Waals surface area contributed by atoms with Crippen LogP contribution < -0.4 is 10.1 Å². The Morgan fingerprint density at radius 2 is 1.89 bits per heavy atom. The highest BCUT2D eigenvalue weighted by molar-refractivity contribution is 7.89. The van der Waals surface area contributed by atoms with E-state index in [0.29, 0.717) is 42.4 Å². The van der Waals surface area contributed by atoms with Crippen LogP contribution in [0.25, 0.3) is 21.8 Å². The third-order valence-corrected chi connectivity index (χ3v) is 8.80. The van der Waals surface area contributed by atoms with Crippen LogP contribution in [0.3, 0.4) is 0 Å². The van der Waals surface area contributed by atoms with Gasteiger partial charge in [-0.25, -0.2) is 13.4 Å². The Balaban J connectivity index is 1.55. The van der Waals surface area contributed by atoms with E-state index in [1.54, 1.807) is 37.6 Å². The van der Waals surface area contributed by atoms with E-state index in [0.717, 1.165) is 23.4 Å². The number of carbonyl (C=O) groups is 1. The summed E-state index contributed by atoms with van der Waals surface area (Å²) in [6, 6.07) is 6.81. The van der Waals surface area contributed by atoms with E-state index < -0.39 is 10.0 Å². The molecule has 4 rings (SSSR count). The zero-order valence-electron chi connectivity index (χ0n) is 20.9. The maximum Gasteiger partial charge on any atom is 0.246 e. The predicted octanol–water partition coefficient (Wildman–Crippen LogP) is 3.80. The molecule has 1 saturated carbocycles. The smallest absolute Gasteiger partial charge is 0.246 e. The second-order valence-corrected chi connectivity index (χ2v) is 12.1. The number of hydrogen-bond donors (Lipinski definition) is 1. The van der Waals surface area contributed by atoms with Gasteiger partial charge < -0.3 is 15.0 Å². The molecule has 2 heterocycles. The van der Waals surface area contributed by atoms with Crippen LogP contribution in [0.5, 0.6) is 5.75 Å². The van der Waals surface area contributed by atoms with Gasteiger partial charge >= 0.3 is 0 Å². The molecule has 0 radical (unpaired) electrons. The van der Waals surface area contributed by atoms with Crippen molar-refractivity contribution in [1.29, 1.82) is 0 Å². The number of sulfonamides is 1. The van der Waals surface area contributed by atoms with Crippen LogP contribution in [-0.4, -0.2) is 74.8 Å². The fourth-order valence-corrected chi connectivity index (χ4v) is 5.71. The number of benzene rings is 1. The monoisotopic (exact) mass is 529 g/mol. The summed E-state index contributed by atoms with van der Waals surface area (Å²) < 4.78 is 33.0. The molecule has 0 unspecified atom stereocenters. The first kappa shape index (κ1) is 26.2. The number of thiophene rings is 1. The molecule has 0 aliphatic heterocycles. The van der Waals surface area contributed by atoms with Gasteiger partial charge in [0.15, 0.2) is 0 Å². The van der Waals surface area contributed by atoms with Crippen molar-refractivity contribution in [3.63, 3.8) is 0 Å². The third-order valence-electron chi connectivity index (χ3n) is 5.95. The van der Waals surface area contributed by atoms with Crippen molar-refractivity contribution in [2.24, 2.45) is 5.92 Å². The van der Waals surface area contributed by atoms with Gasteiger partial charge in [-0.05, 0) is 51.1 Å². The second kappa shape index (κ2) is 11.0. The van der Waals surface area contributed by atoms with Crippen molar-refractivity contribution in [3.8, 4) is 27.6 Å². The van der Waals surface area contributed by atoms with Gasteiger partial charge in [0.25, 0.3) is 0 Å². The molecule has 0 bridgehead atoms. The highest BCUT2D eigenvalue weighted by atomic mass is 32.2. The van der Waals surface area contributed by atoms with Crippen molar-refractivity contribution in [2.45, 2.75) is 24.2 Å². The average Bonchev–Trinajstić information content (AvgIpc) is 3.55. The van der Waals surface area contributed by atoms with Gasteiger partial charge in [-0.15, -0.1) is 11.3 Å². The minimum atomic E-state index is -3.73. The Morgan fingerprint density at radius 3 is 2.58 bits per heavy atom. The van der Waals surface area contributed by atoms with E-state index >= 15 is 0 Å². The van der Waals surface area contributed by atoms with E-state index in [9.17, 15) is 13.2 Å². The minimum Gasteiger partial charge on any atom is -0.495 e. The quantitative estimate of drug-likeness (QED) is 0.403. The molecule has 1 aromatic carbocycles. The molecule has 2 aromatic heterocycles. The van der Waals surface area contributed by atoms with Crippen molar-refractivity contribution in [3.05, 3.63) is 42.0 Å². The molecule has 1 aliphatic carbocycles. The number of amides is 1. The molecule has 1 aliphatic rings. The zero-order valence-corrected chi connectivity index (χ0v) is 22.5. The maximum atomic E-state index is 13.1. The van der Waals surface area contributed by atoms with E-state index in [-0.39, 0.29) is 16.6 Å². The molecule has 192 valence electrons. The van der Waals surface area contributed by atoms with Gasteiger partial charge in [-0.3, -0.25) is 9.78 Å². The number of anilines is 1. The number of hydrogen-bond acceptors (Lipinski definition) is 8. The summed E-state index contributed by atoms with van der Waals surface area (Å²) in [5, 5.41) is 4.85. The number of likely N-dealkylation sites (N-methyl/N-ethyl adjacent to an activating group) is 2. The standard InChI is InChI=1S/C25H31N5O4S2/c1-29(2)9-10-30(3)36(32,33)24-8-7-18(12-22(24)34-4)20-14-26-15-21(28-20)23-13-19(16-35-23)27-25(31)11-17-5-6-17/h7-8,12-17H,5-6,9-11H2,1-4H3,(H,27,31). The molecule has 0 saturated heterocycles. The number of carbonyl (C=O) groups excluding carboxylic acids is 1. The largest absolute Gasteiger partial charge is 0.495 e. The Kier molecular flexibility index (Phi) is 8.04. The zero-order chi connectivity index (χ0) is 25.9. The predicted molar refractivity (Wildman–Crippen MR) is 142 cm³/mol. The van der Waals surface area contributed by atoms with Gasteiger partial charge in [-0.2, -0.15) is 4.31 Å². The highest BCUT2D eigenvalue weighted by Crippen LogP contribution is 2.35. The maximum absolute atomic E-state index is 13.1. The third kappa shape index (κ3) is 6.28. The van der Waals surface area contributed by atoms with Crippen LogP contribution >= 0.6 is 11.3 Å². The first-order valence-electron chi connectivity index (χ1n) is 11.7. The molecule has 1 N–H and O–H groups in total. The molecule has 0 spiro atoms. The minimum absolute atomic E-state index is 0.0381. The van der Waals surface area contributed by atoms with Crippen LogP contribution in [0.2, 0.25) is 0 Å². The number of aromatic nitrogens is 2. The fraction of sp³-hybridized carbons (Fsp3) is 0.400. The summed E-state index contributed by atoms with van der Waals surface area (Å²) in [6.45, 7) is 0.963. The SMILES string of the molecule is COc1cc(-c2cncc(-c3cc(NC(=O)CC4CC4)cs3)n2)ccc1S(=O)(=O)N(C)CCN(C)C. The van der Waals surface area contributed by atoms with Gasteiger partial charge in [-0.1, -0.05) is 6.07 Å². The molecule has 1 amide bonds. The van der Waals surface area contributed by atoms with Crippen LogP contribution in [0.1, 0.15) is 19.3 Å². The number of rotatable bonds is 11. The van der Waals surface area contributed by atoms with Crippen molar-refractivity contribution in [2.75, 3.05) is 46.7 Å². The Labute approximate surface area is 216 Å². The molecule has 1 fully saturated rings. The normalized spacial score (nSPS) is 13.8. The average molecular weight is 530 g/mol. The lowest BCUT2D eigenvalue weighted by atomic mass is 10.1. The van der Waals surface area contributed by atoms with Crippen molar-refractivity contribution in [1.82, 2.24) is 19.2 Å². The summed E-state index contributed by atoms with van der Waals surface area (Å²) in [7, 11) is 3.08. The number of ether oxygens (including phenoxy) is 1. The Hall–Kier alpha value is -2.86. The van der Waals surface area contributed by atoms with Crippen molar-refractivity contribution >= 4 is 33.0 Å². The molecule has 36 heavy (non-hydrogen) atoms.